The average Bonchev–Trinajstić information content (AvgIpc) is 3.41. The molecular formula is C40H49N5O6. The topological polar surface area (TPSA) is 153 Å². The van der Waals surface area contributed by atoms with E-state index in [1.807, 2.05) is 99.8 Å². The second kappa shape index (κ2) is 16.0. The van der Waals surface area contributed by atoms with Crippen molar-refractivity contribution in [1.29, 1.82) is 0 Å². The minimum Gasteiger partial charge on any atom is -0.453 e. The van der Waals surface area contributed by atoms with Gasteiger partial charge in [0.15, 0.2) is 5.60 Å². The van der Waals surface area contributed by atoms with Crippen molar-refractivity contribution in [1.82, 2.24) is 26.1 Å². The monoisotopic (exact) mass is 695 g/mol. The number of methoxy groups -OCH3 is 1. The van der Waals surface area contributed by atoms with Gasteiger partial charge in [-0.15, -0.1) is 0 Å². The number of fused-ring (bicyclic) bond motifs is 1. The van der Waals surface area contributed by atoms with Crippen molar-refractivity contribution >= 4 is 17.9 Å². The van der Waals surface area contributed by atoms with Crippen molar-refractivity contribution in [2.75, 3.05) is 20.2 Å². The number of carbonyl (C=O) groups is 3. The number of aromatic nitrogens is 1. The van der Waals surface area contributed by atoms with Crippen LogP contribution in [0.5, 0.6) is 0 Å². The fraction of sp³-hybridized carbons (Fsp3) is 0.400. The van der Waals surface area contributed by atoms with Gasteiger partial charge in [0.2, 0.25) is 0 Å². The molecule has 5 rings (SSSR count). The number of pyridine rings is 1. The van der Waals surface area contributed by atoms with E-state index in [2.05, 4.69) is 40.1 Å². The zero-order valence-corrected chi connectivity index (χ0v) is 29.9. The van der Waals surface area contributed by atoms with E-state index in [0.717, 1.165) is 22.3 Å². The van der Waals surface area contributed by atoms with Crippen LogP contribution in [0, 0.1) is 11.3 Å². The van der Waals surface area contributed by atoms with E-state index in [1.54, 1.807) is 6.20 Å². The highest BCUT2D eigenvalue weighted by molar-refractivity contribution is 5.87. The van der Waals surface area contributed by atoms with Gasteiger partial charge in [0.05, 0.1) is 25.8 Å². The van der Waals surface area contributed by atoms with Crippen LogP contribution in [-0.4, -0.2) is 76.1 Å². The van der Waals surface area contributed by atoms with E-state index in [0.29, 0.717) is 12.0 Å². The number of benzene rings is 2. The Morgan fingerprint density at radius 2 is 1.76 bits per heavy atom. The summed E-state index contributed by atoms with van der Waals surface area (Å²) >= 11 is 0. The molecule has 3 aromatic rings. The number of rotatable bonds is 12. The first-order chi connectivity index (χ1) is 24.3. The van der Waals surface area contributed by atoms with Crippen LogP contribution in [0.2, 0.25) is 0 Å². The van der Waals surface area contributed by atoms with Crippen molar-refractivity contribution in [3.63, 3.8) is 0 Å². The molecule has 2 aliphatic carbocycles. The third-order valence-electron chi connectivity index (χ3n) is 9.55. The Morgan fingerprint density at radius 3 is 2.43 bits per heavy atom. The predicted octanol–water partition coefficient (Wildman–Crippen LogP) is 4.15. The van der Waals surface area contributed by atoms with Crippen LogP contribution in [0.1, 0.15) is 61.9 Å². The molecular weight excluding hydrogens is 646 g/mol. The van der Waals surface area contributed by atoms with Crippen LogP contribution >= 0.6 is 0 Å². The zero-order chi connectivity index (χ0) is 36.8. The summed E-state index contributed by atoms with van der Waals surface area (Å²) in [6, 6.07) is 18.9. The maximum Gasteiger partial charge on any atom is 0.407 e. The molecule has 11 heteroatoms. The van der Waals surface area contributed by atoms with Crippen molar-refractivity contribution < 1.29 is 29.3 Å². The minimum atomic E-state index is -2.07. The summed E-state index contributed by atoms with van der Waals surface area (Å²) in [5, 5.41) is 30.5. The molecule has 0 saturated heterocycles. The number of ether oxygens (including phenoxy) is 1. The molecule has 6 atom stereocenters. The number of hydrogen-bond donors (Lipinski definition) is 5. The van der Waals surface area contributed by atoms with Gasteiger partial charge >= 0.3 is 6.09 Å². The first-order valence-electron chi connectivity index (χ1n) is 17.3. The molecule has 0 radical (unpaired) electrons. The van der Waals surface area contributed by atoms with Crippen LogP contribution < -0.4 is 16.1 Å². The average molecular weight is 696 g/mol. The standard InChI is InChI=1S/C40H49N5O6/c1-26-20-28(17-18-31(26)30-15-11-19-41-23-30)24-45(44-36(47)35(39(2,3)4)43-38(49)51-5)25-40(50,22-27-12-7-6-8-13-27)37(48)42-34-32-16-10-9-14-29(32)21-33(34)46/h6-20,23,26,31,33-35,46,50H,21-22,24-25H2,1-5H3,(H,42,48)(H,43,49)(H,44,47)/t26?,31?,33-,34+,35-,40+/m1/s1. The number of aliphatic hydroxyl groups excluding tert-OH is 1. The molecule has 51 heavy (non-hydrogen) atoms. The lowest BCUT2D eigenvalue weighted by atomic mass is 9.83. The maximum atomic E-state index is 14.3. The Balaban J connectivity index is 1.47. The van der Waals surface area contributed by atoms with Crippen LogP contribution in [-0.2, 0) is 27.2 Å². The fourth-order valence-corrected chi connectivity index (χ4v) is 6.90. The van der Waals surface area contributed by atoms with Gasteiger partial charge in [0.25, 0.3) is 11.8 Å². The zero-order valence-electron chi connectivity index (χ0n) is 29.9. The highest BCUT2D eigenvalue weighted by Gasteiger charge is 2.43. The van der Waals surface area contributed by atoms with Gasteiger partial charge in [-0.3, -0.25) is 20.0 Å². The summed E-state index contributed by atoms with van der Waals surface area (Å²) in [7, 11) is 1.23. The molecule has 0 bridgehead atoms. The Morgan fingerprint density at radius 1 is 1.04 bits per heavy atom. The molecule has 1 aromatic heterocycles. The quantitative estimate of drug-likeness (QED) is 0.177. The SMILES string of the molecule is COC(=O)N[C@H](C(=O)NN(CC1=CC(C)C(c2cccnc2)C=C1)C[C@@](O)(Cc1ccccc1)C(=O)N[C@H]1c2ccccc2C[C@H]1O)C(C)(C)C. The highest BCUT2D eigenvalue weighted by Crippen LogP contribution is 2.33. The Kier molecular flexibility index (Phi) is 11.7. The van der Waals surface area contributed by atoms with E-state index in [-0.39, 0.29) is 31.3 Å². The summed E-state index contributed by atoms with van der Waals surface area (Å²) in [6.45, 7) is 7.37. The Labute approximate surface area is 299 Å². The number of nitrogens with one attached hydrogen (secondary N) is 3. The first-order valence-corrected chi connectivity index (χ1v) is 17.3. The van der Waals surface area contributed by atoms with Gasteiger partial charge in [0, 0.05) is 37.7 Å². The summed E-state index contributed by atoms with van der Waals surface area (Å²) in [5.41, 5.74) is 4.50. The van der Waals surface area contributed by atoms with Gasteiger partial charge in [0.1, 0.15) is 6.04 Å². The molecule has 270 valence electrons. The highest BCUT2D eigenvalue weighted by atomic mass is 16.5. The molecule has 2 aromatic carbocycles. The minimum absolute atomic E-state index is 0.0754. The number of allylic oxidation sites excluding steroid dienone is 2. The second-order valence-corrected chi connectivity index (χ2v) is 14.7. The fourth-order valence-electron chi connectivity index (χ4n) is 6.90. The summed E-state index contributed by atoms with van der Waals surface area (Å²) in [5.74, 6) is -1.05. The lowest BCUT2D eigenvalue weighted by molar-refractivity contribution is -0.147. The number of carbonyl (C=O) groups excluding carboxylic acids is 3. The van der Waals surface area contributed by atoms with E-state index in [4.69, 9.17) is 4.74 Å². The number of hydrogen-bond acceptors (Lipinski definition) is 8. The molecule has 0 spiro atoms. The van der Waals surface area contributed by atoms with Crippen molar-refractivity contribution in [3.8, 4) is 0 Å². The molecule has 5 N–H and O–H groups in total. The Bertz CT molecular complexity index is 1740. The smallest absolute Gasteiger partial charge is 0.407 e. The van der Waals surface area contributed by atoms with E-state index in [9.17, 15) is 24.6 Å². The summed E-state index contributed by atoms with van der Waals surface area (Å²) in [4.78, 5) is 44.9. The largest absolute Gasteiger partial charge is 0.453 e. The molecule has 11 nitrogen and oxygen atoms in total. The predicted molar refractivity (Wildman–Crippen MR) is 194 cm³/mol. The normalized spacial score (nSPS) is 21.5. The molecule has 2 unspecified atom stereocenters. The lowest BCUT2D eigenvalue weighted by Gasteiger charge is -2.37. The van der Waals surface area contributed by atoms with Crippen molar-refractivity contribution in [3.05, 3.63) is 125 Å². The molecule has 0 fully saturated rings. The second-order valence-electron chi connectivity index (χ2n) is 14.7. The van der Waals surface area contributed by atoms with Gasteiger partial charge in [-0.05, 0) is 45.2 Å². The summed E-state index contributed by atoms with van der Waals surface area (Å²) < 4.78 is 4.81. The van der Waals surface area contributed by atoms with Crippen molar-refractivity contribution in [2.24, 2.45) is 11.3 Å². The molecule has 2 aliphatic rings. The van der Waals surface area contributed by atoms with E-state index in [1.165, 1.54) is 12.1 Å². The van der Waals surface area contributed by atoms with Crippen LogP contribution in [0.4, 0.5) is 4.79 Å². The van der Waals surface area contributed by atoms with Crippen LogP contribution in [0.3, 0.4) is 0 Å². The molecule has 0 saturated carbocycles. The van der Waals surface area contributed by atoms with E-state index >= 15 is 0 Å². The van der Waals surface area contributed by atoms with E-state index < -0.39 is 47.1 Å². The van der Waals surface area contributed by atoms with Gasteiger partial charge in [-0.1, -0.05) is 107 Å². The summed E-state index contributed by atoms with van der Waals surface area (Å²) in [6.07, 6.45) is 8.43. The Hall–Kier alpha value is -4.84. The van der Waals surface area contributed by atoms with Crippen molar-refractivity contribution in [2.45, 2.75) is 70.2 Å². The third-order valence-corrected chi connectivity index (χ3v) is 9.55. The third kappa shape index (κ3) is 9.29. The van der Waals surface area contributed by atoms with Crippen LogP contribution in [0.25, 0.3) is 0 Å². The molecule has 3 amide bonds. The van der Waals surface area contributed by atoms with Crippen LogP contribution in [0.15, 0.2) is 103 Å². The number of amides is 3. The first kappa shape index (κ1) is 37.4. The number of aliphatic hydroxyl groups is 2. The number of alkyl carbamates (subject to hydrolysis) is 1. The van der Waals surface area contributed by atoms with Gasteiger partial charge in [-0.25, -0.2) is 9.80 Å². The number of hydrazine groups is 1. The van der Waals surface area contributed by atoms with Gasteiger partial charge in [-0.2, -0.15) is 0 Å². The molecule has 1 heterocycles. The lowest BCUT2D eigenvalue weighted by Crippen LogP contribution is -2.62. The number of nitrogens with zero attached hydrogens (tertiary/aromatic N) is 2. The maximum absolute atomic E-state index is 14.3. The van der Waals surface area contributed by atoms with Gasteiger partial charge < -0.3 is 25.6 Å². The molecule has 0 aliphatic heterocycles.